The Morgan fingerprint density at radius 3 is 2.38 bits per heavy atom. The van der Waals surface area contributed by atoms with E-state index in [2.05, 4.69) is 0 Å². The molecule has 0 amide bonds. The quantitative estimate of drug-likeness (QED) is 0.489. The SMILES string of the molecule is O=[N+]([O-])c1ccc(F)cc1[C@@H](O)C(F)(F)F. The molecule has 1 aromatic rings. The number of nitro groups is 1. The lowest BCUT2D eigenvalue weighted by molar-refractivity contribution is -0.387. The lowest BCUT2D eigenvalue weighted by Gasteiger charge is -2.14. The summed E-state index contributed by atoms with van der Waals surface area (Å²) in [5.41, 5.74) is -2.09. The smallest absolute Gasteiger partial charge is 0.379 e. The van der Waals surface area contributed by atoms with Gasteiger partial charge in [0.15, 0.2) is 6.10 Å². The molecule has 4 nitrogen and oxygen atoms in total. The van der Waals surface area contributed by atoms with Gasteiger partial charge in [0, 0.05) is 6.07 Å². The Morgan fingerprint density at radius 2 is 1.94 bits per heavy atom. The first kappa shape index (κ1) is 12.4. The zero-order chi connectivity index (χ0) is 12.5. The molecule has 0 aromatic heterocycles. The summed E-state index contributed by atoms with van der Waals surface area (Å²) in [5.74, 6) is -1.09. The molecule has 0 aliphatic rings. The summed E-state index contributed by atoms with van der Waals surface area (Å²) in [6, 6.07) is 1.50. The number of benzene rings is 1. The van der Waals surface area contributed by atoms with E-state index >= 15 is 0 Å². The van der Waals surface area contributed by atoms with Gasteiger partial charge in [-0.1, -0.05) is 0 Å². The third-order valence-electron chi connectivity index (χ3n) is 1.79. The number of aliphatic hydroxyl groups is 1. The monoisotopic (exact) mass is 239 g/mol. The molecule has 0 saturated carbocycles. The van der Waals surface area contributed by atoms with Crippen molar-refractivity contribution in [2.45, 2.75) is 12.3 Å². The highest BCUT2D eigenvalue weighted by Crippen LogP contribution is 2.37. The molecule has 1 aromatic carbocycles. The van der Waals surface area contributed by atoms with Gasteiger partial charge in [-0.3, -0.25) is 10.1 Å². The molecule has 1 rings (SSSR count). The molecule has 16 heavy (non-hydrogen) atoms. The van der Waals surface area contributed by atoms with E-state index in [-0.39, 0.29) is 6.07 Å². The average molecular weight is 239 g/mol. The van der Waals surface area contributed by atoms with Crippen LogP contribution >= 0.6 is 0 Å². The van der Waals surface area contributed by atoms with Crippen LogP contribution < -0.4 is 0 Å². The number of alkyl halides is 3. The van der Waals surface area contributed by atoms with Crippen LogP contribution in [0.25, 0.3) is 0 Å². The minimum Gasteiger partial charge on any atom is -0.379 e. The Kier molecular flexibility index (Phi) is 3.13. The topological polar surface area (TPSA) is 63.4 Å². The van der Waals surface area contributed by atoms with Crippen LogP contribution in [0.2, 0.25) is 0 Å². The van der Waals surface area contributed by atoms with E-state index in [0.29, 0.717) is 12.1 Å². The fourth-order valence-electron chi connectivity index (χ4n) is 1.09. The van der Waals surface area contributed by atoms with E-state index in [0.717, 1.165) is 0 Å². The Labute approximate surface area is 86.3 Å². The van der Waals surface area contributed by atoms with E-state index in [1.165, 1.54) is 0 Å². The molecule has 0 unspecified atom stereocenters. The van der Waals surface area contributed by atoms with Crippen molar-refractivity contribution in [3.8, 4) is 0 Å². The summed E-state index contributed by atoms with van der Waals surface area (Å²) < 4.78 is 49.0. The van der Waals surface area contributed by atoms with Crippen molar-refractivity contribution in [1.82, 2.24) is 0 Å². The number of hydrogen-bond acceptors (Lipinski definition) is 3. The fourth-order valence-corrected chi connectivity index (χ4v) is 1.09. The van der Waals surface area contributed by atoms with Crippen LogP contribution in [0.15, 0.2) is 18.2 Å². The summed E-state index contributed by atoms with van der Waals surface area (Å²) >= 11 is 0. The van der Waals surface area contributed by atoms with Crippen molar-refractivity contribution in [1.29, 1.82) is 0 Å². The second-order valence-electron chi connectivity index (χ2n) is 2.90. The Hall–Kier alpha value is -1.70. The van der Waals surface area contributed by atoms with Crippen molar-refractivity contribution < 1.29 is 27.6 Å². The van der Waals surface area contributed by atoms with Crippen LogP contribution in [0.4, 0.5) is 23.2 Å². The maximum absolute atomic E-state index is 12.7. The maximum atomic E-state index is 12.7. The summed E-state index contributed by atoms with van der Waals surface area (Å²) in [6.07, 6.45) is -8.16. The van der Waals surface area contributed by atoms with Gasteiger partial charge in [0.25, 0.3) is 5.69 Å². The molecule has 0 heterocycles. The fraction of sp³-hybridized carbons (Fsp3) is 0.250. The summed E-state index contributed by atoms with van der Waals surface area (Å²) in [6.45, 7) is 0. The normalized spacial score (nSPS) is 13.6. The third kappa shape index (κ3) is 2.45. The van der Waals surface area contributed by atoms with Crippen LogP contribution in [0.1, 0.15) is 11.7 Å². The highest BCUT2D eigenvalue weighted by molar-refractivity contribution is 5.42. The van der Waals surface area contributed by atoms with Crippen LogP contribution in [0.3, 0.4) is 0 Å². The summed E-state index contributed by atoms with van der Waals surface area (Å²) in [4.78, 5) is 9.25. The van der Waals surface area contributed by atoms with E-state index in [1.807, 2.05) is 0 Å². The largest absolute Gasteiger partial charge is 0.418 e. The van der Waals surface area contributed by atoms with Crippen molar-refractivity contribution in [3.05, 3.63) is 39.7 Å². The second-order valence-corrected chi connectivity index (χ2v) is 2.90. The molecule has 0 bridgehead atoms. The van der Waals surface area contributed by atoms with E-state index in [9.17, 15) is 27.7 Å². The predicted molar refractivity (Wildman–Crippen MR) is 44.1 cm³/mol. The van der Waals surface area contributed by atoms with Crippen LogP contribution in [0.5, 0.6) is 0 Å². The number of hydrogen-bond donors (Lipinski definition) is 1. The van der Waals surface area contributed by atoms with Crippen molar-refractivity contribution in [2.75, 3.05) is 0 Å². The number of nitrogens with zero attached hydrogens (tertiary/aromatic N) is 1. The predicted octanol–water partition coefficient (Wildman–Crippen LogP) is 2.33. The average Bonchev–Trinajstić information content (AvgIpc) is 2.14. The molecule has 8 heteroatoms. The van der Waals surface area contributed by atoms with Crippen molar-refractivity contribution >= 4 is 5.69 Å². The molecule has 0 aliphatic carbocycles. The van der Waals surface area contributed by atoms with Gasteiger partial charge in [-0.25, -0.2) is 4.39 Å². The molecule has 0 radical (unpaired) electrons. The van der Waals surface area contributed by atoms with Crippen LogP contribution in [0, 0.1) is 15.9 Å². The zero-order valence-electron chi connectivity index (χ0n) is 7.53. The van der Waals surface area contributed by atoms with Gasteiger partial charge < -0.3 is 5.11 Å². The zero-order valence-corrected chi connectivity index (χ0v) is 7.53. The van der Waals surface area contributed by atoms with Crippen molar-refractivity contribution in [3.63, 3.8) is 0 Å². The molecule has 1 N–H and O–H groups in total. The molecular formula is C8H5F4NO3. The van der Waals surface area contributed by atoms with Gasteiger partial charge in [0.1, 0.15) is 5.82 Å². The Morgan fingerprint density at radius 1 is 1.38 bits per heavy atom. The first-order valence-electron chi connectivity index (χ1n) is 3.92. The van der Waals surface area contributed by atoms with Crippen LogP contribution in [-0.2, 0) is 0 Å². The standard InChI is InChI=1S/C8H5F4NO3/c9-4-1-2-6(13(15)16)5(3-4)7(14)8(10,11)12/h1-3,7,14H/t7-/m1/s1. The van der Waals surface area contributed by atoms with Gasteiger partial charge >= 0.3 is 6.18 Å². The number of aliphatic hydroxyl groups excluding tert-OH is 1. The number of nitro benzene ring substituents is 1. The van der Waals surface area contributed by atoms with Gasteiger partial charge in [0.05, 0.1) is 10.5 Å². The molecule has 0 fully saturated rings. The van der Waals surface area contributed by atoms with Crippen LogP contribution in [-0.4, -0.2) is 16.2 Å². The van der Waals surface area contributed by atoms with Gasteiger partial charge in [-0.05, 0) is 12.1 Å². The highest BCUT2D eigenvalue weighted by atomic mass is 19.4. The summed E-state index contributed by atoms with van der Waals surface area (Å²) in [5, 5.41) is 19.2. The van der Waals surface area contributed by atoms with Gasteiger partial charge in [-0.2, -0.15) is 13.2 Å². The number of rotatable bonds is 2. The first-order valence-corrected chi connectivity index (χ1v) is 3.92. The Balaban J connectivity index is 3.30. The van der Waals surface area contributed by atoms with Gasteiger partial charge in [0.2, 0.25) is 0 Å². The molecule has 1 atom stereocenters. The minimum atomic E-state index is -5.08. The summed E-state index contributed by atoms with van der Waals surface area (Å²) in [7, 11) is 0. The van der Waals surface area contributed by atoms with E-state index in [4.69, 9.17) is 5.11 Å². The lowest BCUT2D eigenvalue weighted by atomic mass is 10.1. The van der Waals surface area contributed by atoms with E-state index in [1.54, 1.807) is 0 Å². The lowest BCUT2D eigenvalue weighted by Crippen LogP contribution is -2.21. The molecule has 0 spiro atoms. The van der Waals surface area contributed by atoms with Crippen molar-refractivity contribution in [2.24, 2.45) is 0 Å². The Bertz CT molecular complexity index is 418. The highest BCUT2D eigenvalue weighted by Gasteiger charge is 2.42. The molecule has 0 saturated heterocycles. The van der Waals surface area contributed by atoms with E-state index < -0.39 is 34.3 Å². The first-order chi connectivity index (χ1) is 7.23. The molecular weight excluding hydrogens is 234 g/mol. The second kappa shape index (κ2) is 4.05. The third-order valence-corrected chi connectivity index (χ3v) is 1.79. The number of halogens is 4. The molecule has 88 valence electrons. The van der Waals surface area contributed by atoms with Gasteiger partial charge in [-0.15, -0.1) is 0 Å². The maximum Gasteiger partial charge on any atom is 0.418 e. The minimum absolute atomic E-state index is 0.288. The molecule has 0 aliphatic heterocycles.